The van der Waals surface area contributed by atoms with Gasteiger partial charge in [-0.1, -0.05) is 15.9 Å². The van der Waals surface area contributed by atoms with Crippen molar-refractivity contribution in [2.75, 3.05) is 0 Å². The van der Waals surface area contributed by atoms with Gasteiger partial charge in [0.15, 0.2) is 0 Å². The van der Waals surface area contributed by atoms with Gasteiger partial charge in [-0.15, -0.1) is 0 Å². The first kappa shape index (κ1) is 13.0. The minimum Gasteiger partial charge on any atom is -0.319 e. The minimum absolute atomic E-state index is 0.151. The van der Waals surface area contributed by atoms with Gasteiger partial charge < -0.3 is 5.73 Å². The highest BCUT2D eigenvalue weighted by Gasteiger charge is 2.16. The lowest BCUT2D eigenvalue weighted by atomic mass is 10.0. The van der Waals surface area contributed by atoms with Crippen LogP contribution in [0.25, 0.3) is 0 Å². The third-order valence-corrected chi connectivity index (χ3v) is 4.05. The largest absolute Gasteiger partial charge is 0.319 e. The summed E-state index contributed by atoms with van der Waals surface area (Å²) in [6.07, 6.45) is 1.79. The standard InChI is InChI=1S/C12H13BrIN3/c1-2-17-11(5-6-16-17)12(15)9-7-8(14)3-4-10(9)13/h3-7,12H,2,15H2,1H3. The molecule has 1 unspecified atom stereocenters. The van der Waals surface area contributed by atoms with E-state index in [0.29, 0.717) is 0 Å². The first-order valence-electron chi connectivity index (χ1n) is 5.35. The molecule has 0 fully saturated rings. The molecule has 0 radical (unpaired) electrons. The zero-order chi connectivity index (χ0) is 12.4. The second-order valence-corrected chi connectivity index (χ2v) is 5.82. The van der Waals surface area contributed by atoms with Gasteiger partial charge in [0.1, 0.15) is 0 Å². The third-order valence-electron chi connectivity index (χ3n) is 2.66. The Labute approximate surface area is 123 Å². The molecule has 0 saturated carbocycles. The highest BCUT2D eigenvalue weighted by molar-refractivity contribution is 14.1. The summed E-state index contributed by atoms with van der Waals surface area (Å²) in [5.41, 5.74) is 8.44. The zero-order valence-electron chi connectivity index (χ0n) is 9.40. The molecular formula is C12H13BrIN3. The van der Waals surface area contributed by atoms with Gasteiger partial charge in [-0.3, -0.25) is 4.68 Å². The van der Waals surface area contributed by atoms with Gasteiger partial charge in [0.2, 0.25) is 0 Å². The normalized spacial score (nSPS) is 12.7. The Hall–Kier alpha value is -0.400. The molecule has 0 saturated heterocycles. The van der Waals surface area contributed by atoms with Crippen molar-refractivity contribution in [2.24, 2.45) is 5.73 Å². The van der Waals surface area contributed by atoms with Crippen molar-refractivity contribution in [3.8, 4) is 0 Å². The highest BCUT2D eigenvalue weighted by Crippen LogP contribution is 2.28. The molecule has 3 nitrogen and oxygen atoms in total. The average Bonchev–Trinajstić information content (AvgIpc) is 2.79. The maximum atomic E-state index is 6.31. The summed E-state index contributed by atoms with van der Waals surface area (Å²) >= 11 is 5.84. The van der Waals surface area contributed by atoms with Gasteiger partial charge >= 0.3 is 0 Å². The summed E-state index contributed by atoms with van der Waals surface area (Å²) in [4.78, 5) is 0. The Balaban J connectivity index is 2.43. The molecule has 17 heavy (non-hydrogen) atoms. The van der Waals surface area contributed by atoms with Crippen molar-refractivity contribution in [1.82, 2.24) is 9.78 Å². The van der Waals surface area contributed by atoms with Crippen LogP contribution in [0.15, 0.2) is 34.9 Å². The molecule has 2 rings (SSSR count). The van der Waals surface area contributed by atoms with E-state index in [1.165, 1.54) is 3.57 Å². The van der Waals surface area contributed by atoms with E-state index in [2.05, 4.69) is 62.7 Å². The van der Waals surface area contributed by atoms with Crippen molar-refractivity contribution < 1.29 is 0 Å². The van der Waals surface area contributed by atoms with Crippen LogP contribution in [0.3, 0.4) is 0 Å². The summed E-state index contributed by atoms with van der Waals surface area (Å²) in [5, 5.41) is 4.25. The first-order valence-corrected chi connectivity index (χ1v) is 7.23. The Morgan fingerprint density at radius 3 is 2.94 bits per heavy atom. The van der Waals surface area contributed by atoms with E-state index < -0.39 is 0 Å². The van der Waals surface area contributed by atoms with E-state index in [0.717, 1.165) is 22.3 Å². The van der Waals surface area contributed by atoms with Crippen molar-refractivity contribution in [1.29, 1.82) is 0 Å². The molecule has 0 aliphatic carbocycles. The van der Waals surface area contributed by atoms with Crippen LogP contribution in [-0.4, -0.2) is 9.78 Å². The highest BCUT2D eigenvalue weighted by atomic mass is 127. The van der Waals surface area contributed by atoms with Crippen LogP contribution in [0.1, 0.15) is 24.2 Å². The molecule has 0 spiro atoms. The molecule has 0 amide bonds. The summed E-state index contributed by atoms with van der Waals surface area (Å²) in [7, 11) is 0. The molecule has 1 aromatic heterocycles. The third kappa shape index (κ3) is 2.71. The molecular weight excluding hydrogens is 393 g/mol. The number of nitrogens with two attached hydrogens (primary N) is 1. The Kier molecular flexibility index (Phi) is 4.22. The second-order valence-electron chi connectivity index (χ2n) is 3.72. The average molecular weight is 406 g/mol. The van der Waals surface area contributed by atoms with Crippen LogP contribution in [0.4, 0.5) is 0 Å². The van der Waals surface area contributed by atoms with Crippen LogP contribution >= 0.6 is 38.5 Å². The predicted octanol–water partition coefficient (Wildman–Crippen LogP) is 3.32. The van der Waals surface area contributed by atoms with E-state index in [-0.39, 0.29) is 6.04 Å². The van der Waals surface area contributed by atoms with Crippen molar-refractivity contribution >= 4 is 38.5 Å². The lowest BCUT2D eigenvalue weighted by Crippen LogP contribution is -2.17. The Morgan fingerprint density at radius 2 is 2.24 bits per heavy atom. The van der Waals surface area contributed by atoms with Gasteiger partial charge in [0.25, 0.3) is 0 Å². The number of halogens is 2. The second kappa shape index (κ2) is 5.49. The van der Waals surface area contributed by atoms with Gasteiger partial charge in [-0.2, -0.15) is 5.10 Å². The quantitative estimate of drug-likeness (QED) is 0.796. The molecule has 5 heteroatoms. The lowest BCUT2D eigenvalue weighted by Gasteiger charge is -2.15. The van der Waals surface area contributed by atoms with Crippen molar-refractivity contribution in [2.45, 2.75) is 19.5 Å². The minimum atomic E-state index is -0.151. The SMILES string of the molecule is CCn1nccc1C(N)c1cc(I)ccc1Br. The molecule has 1 atom stereocenters. The maximum Gasteiger partial charge on any atom is 0.0734 e. The van der Waals surface area contributed by atoms with E-state index >= 15 is 0 Å². The Bertz CT molecular complexity index is 524. The van der Waals surface area contributed by atoms with Gasteiger partial charge in [-0.25, -0.2) is 0 Å². The number of aryl methyl sites for hydroxylation is 1. The molecule has 0 aliphatic rings. The zero-order valence-corrected chi connectivity index (χ0v) is 13.1. The predicted molar refractivity (Wildman–Crippen MR) is 80.8 cm³/mol. The van der Waals surface area contributed by atoms with Gasteiger partial charge in [0.05, 0.1) is 11.7 Å². The van der Waals surface area contributed by atoms with Gasteiger partial charge in [-0.05, 0) is 59.3 Å². The van der Waals surface area contributed by atoms with Crippen LogP contribution < -0.4 is 5.73 Å². The van der Waals surface area contributed by atoms with Crippen LogP contribution in [0, 0.1) is 3.57 Å². The van der Waals surface area contributed by atoms with E-state index in [9.17, 15) is 0 Å². The van der Waals surface area contributed by atoms with Crippen LogP contribution in [0.5, 0.6) is 0 Å². The first-order chi connectivity index (χ1) is 8.13. The monoisotopic (exact) mass is 405 g/mol. The fraction of sp³-hybridized carbons (Fsp3) is 0.250. The fourth-order valence-electron chi connectivity index (χ4n) is 1.78. The molecule has 0 bridgehead atoms. The number of hydrogen-bond donors (Lipinski definition) is 1. The fourth-order valence-corrected chi connectivity index (χ4v) is 2.79. The summed E-state index contributed by atoms with van der Waals surface area (Å²) in [6.45, 7) is 2.89. The molecule has 90 valence electrons. The maximum absolute atomic E-state index is 6.31. The smallest absolute Gasteiger partial charge is 0.0734 e. The van der Waals surface area contributed by atoms with E-state index in [4.69, 9.17) is 5.73 Å². The number of nitrogens with zero attached hydrogens (tertiary/aromatic N) is 2. The number of hydrogen-bond acceptors (Lipinski definition) is 2. The molecule has 2 N–H and O–H groups in total. The number of benzene rings is 1. The summed E-state index contributed by atoms with van der Waals surface area (Å²) in [6, 6.07) is 8.01. The van der Waals surface area contributed by atoms with Crippen molar-refractivity contribution in [3.05, 3.63) is 49.8 Å². The van der Waals surface area contributed by atoms with Crippen LogP contribution in [0.2, 0.25) is 0 Å². The Morgan fingerprint density at radius 1 is 1.47 bits per heavy atom. The van der Waals surface area contributed by atoms with Gasteiger partial charge in [0, 0.05) is 20.8 Å². The molecule has 1 heterocycles. The molecule has 2 aromatic rings. The number of aromatic nitrogens is 2. The lowest BCUT2D eigenvalue weighted by molar-refractivity contribution is 0.600. The summed E-state index contributed by atoms with van der Waals surface area (Å²) < 4.78 is 4.14. The summed E-state index contributed by atoms with van der Waals surface area (Å²) in [5.74, 6) is 0. The van der Waals surface area contributed by atoms with E-state index in [1.54, 1.807) is 6.20 Å². The number of rotatable bonds is 3. The van der Waals surface area contributed by atoms with Crippen LogP contribution in [-0.2, 0) is 6.54 Å². The van der Waals surface area contributed by atoms with E-state index in [1.807, 2.05) is 16.8 Å². The topological polar surface area (TPSA) is 43.8 Å². The van der Waals surface area contributed by atoms with Crippen molar-refractivity contribution in [3.63, 3.8) is 0 Å². The molecule has 0 aliphatic heterocycles. The molecule has 1 aromatic carbocycles.